The van der Waals surface area contributed by atoms with Crippen molar-refractivity contribution < 1.29 is 22.7 Å². The minimum atomic E-state index is -4.19. The summed E-state index contributed by atoms with van der Waals surface area (Å²) < 4.78 is 34.6. The van der Waals surface area contributed by atoms with E-state index in [0.717, 1.165) is 35.6 Å². The van der Waals surface area contributed by atoms with E-state index in [-0.39, 0.29) is 35.5 Å². The Balaban J connectivity index is 1.56. The smallest absolute Gasteiger partial charge is 0.264 e. The number of hydrogen-bond donors (Lipinski definition) is 1. The molecule has 46 heavy (non-hydrogen) atoms. The molecular weight excluding hydrogens is 622 g/mol. The number of nitrogens with one attached hydrogen (secondary N) is 1. The van der Waals surface area contributed by atoms with Crippen LogP contribution >= 0.6 is 11.6 Å². The van der Waals surface area contributed by atoms with Crippen LogP contribution in [0.15, 0.2) is 114 Å². The second-order valence-electron chi connectivity index (χ2n) is 11.3. The van der Waals surface area contributed by atoms with Crippen molar-refractivity contribution in [2.75, 3.05) is 18.0 Å². The van der Waals surface area contributed by atoms with Gasteiger partial charge in [-0.05, 0) is 66.4 Å². The molecule has 0 bridgehead atoms. The highest BCUT2D eigenvalue weighted by molar-refractivity contribution is 7.92. The van der Waals surface area contributed by atoms with E-state index in [1.165, 1.54) is 24.1 Å². The Bertz CT molecular complexity index is 1710. The van der Waals surface area contributed by atoms with E-state index in [1.54, 1.807) is 60.7 Å². The van der Waals surface area contributed by atoms with E-state index in [1.807, 2.05) is 36.4 Å². The molecule has 1 fully saturated rings. The van der Waals surface area contributed by atoms with Crippen LogP contribution in [-0.4, -0.2) is 50.9 Å². The average molecular weight is 660 g/mol. The molecule has 1 aliphatic rings. The van der Waals surface area contributed by atoms with E-state index in [0.29, 0.717) is 16.3 Å². The molecule has 8 nitrogen and oxygen atoms in total. The van der Waals surface area contributed by atoms with E-state index < -0.39 is 28.5 Å². The van der Waals surface area contributed by atoms with Gasteiger partial charge in [0, 0.05) is 24.0 Å². The highest BCUT2D eigenvalue weighted by Crippen LogP contribution is 2.28. The summed E-state index contributed by atoms with van der Waals surface area (Å²) in [5, 5.41) is 3.62. The zero-order valence-electron chi connectivity index (χ0n) is 25.7. The first-order valence-corrected chi connectivity index (χ1v) is 17.2. The molecule has 1 atom stereocenters. The van der Waals surface area contributed by atoms with Gasteiger partial charge in [-0.3, -0.25) is 13.9 Å². The maximum atomic E-state index is 14.6. The molecule has 1 saturated carbocycles. The fourth-order valence-electron chi connectivity index (χ4n) is 5.73. The summed E-state index contributed by atoms with van der Waals surface area (Å²) in [5.41, 5.74) is 1.80. The molecule has 0 radical (unpaired) electrons. The molecule has 1 unspecified atom stereocenters. The maximum Gasteiger partial charge on any atom is 0.264 e. The van der Waals surface area contributed by atoms with Gasteiger partial charge in [0.15, 0.2) is 0 Å². The number of benzene rings is 4. The fraction of sp³-hybridized carbons (Fsp3) is 0.278. The number of sulfonamides is 1. The van der Waals surface area contributed by atoms with Crippen molar-refractivity contribution in [3.63, 3.8) is 0 Å². The van der Waals surface area contributed by atoms with Gasteiger partial charge < -0.3 is 15.0 Å². The molecule has 0 spiro atoms. The van der Waals surface area contributed by atoms with E-state index >= 15 is 0 Å². The van der Waals surface area contributed by atoms with Crippen LogP contribution in [0.1, 0.15) is 36.8 Å². The number of anilines is 1. The first-order valence-electron chi connectivity index (χ1n) is 15.4. The standard InChI is InChI=1S/C36H38ClN3O5S/c1-45-31-22-20-30(21-23-31)40(46(43,44)32-17-6-3-7-18-32)26-35(41)39(25-28-14-8-11-19-33(28)37)34(24-27-12-4-2-5-13-27)36(42)38-29-15-9-10-16-29/h2-8,11-14,17-23,29,34H,9-10,15-16,24-26H2,1H3,(H,38,42). The quantitative estimate of drug-likeness (QED) is 0.183. The molecule has 0 aromatic heterocycles. The van der Waals surface area contributed by atoms with Gasteiger partial charge >= 0.3 is 0 Å². The number of halogens is 1. The van der Waals surface area contributed by atoms with Crippen LogP contribution in [0.4, 0.5) is 5.69 Å². The lowest BCUT2D eigenvalue weighted by Gasteiger charge is -2.34. The topological polar surface area (TPSA) is 96.0 Å². The normalized spacial score (nSPS) is 14.0. The summed E-state index contributed by atoms with van der Waals surface area (Å²) in [6.45, 7) is -0.536. The van der Waals surface area contributed by atoms with Crippen molar-refractivity contribution in [1.29, 1.82) is 0 Å². The van der Waals surface area contributed by atoms with E-state index in [4.69, 9.17) is 16.3 Å². The third-order valence-electron chi connectivity index (χ3n) is 8.24. The molecule has 1 N–H and O–H groups in total. The summed E-state index contributed by atoms with van der Waals surface area (Å²) in [6, 6.07) is 30.2. The van der Waals surface area contributed by atoms with Crippen LogP contribution in [0, 0.1) is 0 Å². The molecule has 1 aliphatic carbocycles. The van der Waals surface area contributed by atoms with Crippen molar-refractivity contribution in [2.24, 2.45) is 0 Å². The fourth-order valence-corrected chi connectivity index (χ4v) is 7.36. The van der Waals surface area contributed by atoms with Gasteiger partial charge in [0.1, 0.15) is 18.3 Å². The predicted molar refractivity (Wildman–Crippen MR) is 180 cm³/mol. The number of carbonyl (C=O) groups is 2. The number of nitrogens with zero attached hydrogens (tertiary/aromatic N) is 2. The maximum absolute atomic E-state index is 14.6. The Labute approximate surface area is 276 Å². The second kappa shape index (κ2) is 15.3. The molecule has 0 saturated heterocycles. The van der Waals surface area contributed by atoms with Gasteiger partial charge in [0.25, 0.3) is 10.0 Å². The lowest BCUT2D eigenvalue weighted by Crippen LogP contribution is -2.54. The molecule has 4 aromatic carbocycles. The molecule has 240 valence electrons. The Morgan fingerprint density at radius 3 is 2.11 bits per heavy atom. The second-order valence-corrected chi connectivity index (χ2v) is 13.6. The Kier molecular flexibility index (Phi) is 11.0. The minimum Gasteiger partial charge on any atom is -0.497 e. The molecule has 4 aromatic rings. The lowest BCUT2D eigenvalue weighted by molar-refractivity contribution is -0.140. The van der Waals surface area contributed by atoms with Crippen LogP contribution < -0.4 is 14.4 Å². The van der Waals surface area contributed by atoms with Gasteiger partial charge in [-0.15, -0.1) is 0 Å². The van der Waals surface area contributed by atoms with Crippen LogP contribution in [0.2, 0.25) is 5.02 Å². The highest BCUT2D eigenvalue weighted by atomic mass is 35.5. The lowest BCUT2D eigenvalue weighted by atomic mass is 10.0. The van der Waals surface area contributed by atoms with Gasteiger partial charge in [0.2, 0.25) is 11.8 Å². The number of methoxy groups -OCH3 is 1. The van der Waals surface area contributed by atoms with Crippen molar-refractivity contribution >= 4 is 39.1 Å². The van der Waals surface area contributed by atoms with E-state index in [9.17, 15) is 18.0 Å². The highest BCUT2D eigenvalue weighted by Gasteiger charge is 2.35. The third kappa shape index (κ3) is 8.08. The summed E-state index contributed by atoms with van der Waals surface area (Å²) in [6.07, 6.45) is 4.06. The summed E-state index contributed by atoms with van der Waals surface area (Å²) in [7, 11) is -2.67. The zero-order valence-corrected chi connectivity index (χ0v) is 27.3. The van der Waals surface area contributed by atoms with Gasteiger partial charge in [-0.2, -0.15) is 0 Å². The van der Waals surface area contributed by atoms with Crippen molar-refractivity contribution in [1.82, 2.24) is 10.2 Å². The van der Waals surface area contributed by atoms with Gasteiger partial charge in [-0.1, -0.05) is 91.2 Å². The predicted octanol–water partition coefficient (Wildman–Crippen LogP) is 6.24. The number of hydrogen-bond acceptors (Lipinski definition) is 5. The van der Waals surface area contributed by atoms with Crippen LogP contribution in [0.3, 0.4) is 0 Å². The third-order valence-corrected chi connectivity index (χ3v) is 10.4. The minimum absolute atomic E-state index is 0.00985. The summed E-state index contributed by atoms with van der Waals surface area (Å²) in [5.74, 6) is -0.283. The molecule has 2 amide bonds. The van der Waals surface area contributed by atoms with Crippen molar-refractivity contribution in [3.05, 3.63) is 125 Å². The Morgan fingerprint density at radius 2 is 1.48 bits per heavy atom. The molecule has 0 heterocycles. The van der Waals surface area contributed by atoms with Crippen LogP contribution in [0.25, 0.3) is 0 Å². The molecular formula is C36H38ClN3O5S. The molecule has 0 aliphatic heterocycles. The summed E-state index contributed by atoms with van der Waals surface area (Å²) in [4.78, 5) is 30.2. The van der Waals surface area contributed by atoms with Gasteiger partial charge in [-0.25, -0.2) is 8.42 Å². The molecule has 10 heteroatoms. The number of rotatable bonds is 13. The Morgan fingerprint density at radius 1 is 0.870 bits per heavy atom. The number of amides is 2. The first-order chi connectivity index (χ1) is 22.3. The largest absolute Gasteiger partial charge is 0.497 e. The van der Waals surface area contributed by atoms with Crippen molar-refractivity contribution in [2.45, 2.75) is 55.6 Å². The monoisotopic (exact) mass is 659 g/mol. The number of carbonyl (C=O) groups excluding carboxylic acids is 2. The van der Waals surface area contributed by atoms with E-state index in [2.05, 4.69) is 5.32 Å². The average Bonchev–Trinajstić information content (AvgIpc) is 3.60. The van der Waals surface area contributed by atoms with Crippen LogP contribution in [-0.2, 0) is 32.6 Å². The van der Waals surface area contributed by atoms with Crippen LogP contribution in [0.5, 0.6) is 5.75 Å². The van der Waals surface area contributed by atoms with Crippen molar-refractivity contribution in [3.8, 4) is 5.75 Å². The summed E-state index contributed by atoms with van der Waals surface area (Å²) >= 11 is 6.58. The first kappa shape index (κ1) is 33.0. The number of ether oxygens (including phenoxy) is 1. The van der Waals surface area contributed by atoms with Gasteiger partial charge in [0.05, 0.1) is 17.7 Å². The zero-order chi connectivity index (χ0) is 32.5. The SMILES string of the molecule is COc1ccc(N(CC(=O)N(Cc2ccccc2Cl)C(Cc2ccccc2)C(=O)NC2CCCC2)S(=O)(=O)c2ccccc2)cc1. The molecule has 5 rings (SSSR count). The Hall–Kier alpha value is -4.34.